The molecule has 2 amide bonds. The van der Waals surface area contributed by atoms with Crippen LogP contribution >= 0.6 is 0 Å². The molecule has 8 nitrogen and oxygen atoms in total. The van der Waals surface area contributed by atoms with E-state index in [2.05, 4.69) is 10.5 Å². The van der Waals surface area contributed by atoms with Gasteiger partial charge in [-0.3, -0.25) is 9.59 Å². The average molecular weight is 311 g/mol. The van der Waals surface area contributed by atoms with Crippen molar-refractivity contribution in [2.45, 2.75) is 26.7 Å². The zero-order valence-electron chi connectivity index (χ0n) is 13.4. The number of esters is 1. The number of rotatable bonds is 6. The Hall–Kier alpha value is -2.38. The molecular weight excluding hydrogens is 290 g/mol. The van der Waals surface area contributed by atoms with E-state index in [-0.39, 0.29) is 23.9 Å². The minimum Gasteiger partial charge on any atom is -0.452 e. The second-order valence-electron chi connectivity index (χ2n) is 5.30. The zero-order valence-corrected chi connectivity index (χ0v) is 13.4. The normalized spacial score (nSPS) is 10.5. The Morgan fingerprint density at radius 1 is 1.32 bits per heavy atom. The van der Waals surface area contributed by atoms with Gasteiger partial charge >= 0.3 is 5.97 Å². The predicted octanol–water partition coefficient (Wildman–Crippen LogP) is 0.468. The van der Waals surface area contributed by atoms with E-state index in [1.54, 1.807) is 21.0 Å². The molecule has 0 aromatic carbocycles. The maximum atomic E-state index is 12.0. The molecule has 1 aromatic rings. The van der Waals surface area contributed by atoms with Crippen LogP contribution < -0.4 is 5.32 Å². The highest BCUT2D eigenvalue weighted by Crippen LogP contribution is 2.22. The Morgan fingerprint density at radius 2 is 1.95 bits per heavy atom. The lowest BCUT2D eigenvalue weighted by molar-refractivity contribution is -0.131. The second kappa shape index (κ2) is 7.58. The van der Waals surface area contributed by atoms with Crippen LogP contribution in [0, 0.1) is 6.92 Å². The van der Waals surface area contributed by atoms with Crippen molar-refractivity contribution in [1.82, 2.24) is 15.4 Å². The molecule has 0 saturated carbocycles. The third kappa shape index (κ3) is 4.57. The van der Waals surface area contributed by atoms with Crippen LogP contribution in [0.4, 0.5) is 0 Å². The van der Waals surface area contributed by atoms with Gasteiger partial charge in [-0.2, -0.15) is 0 Å². The third-order valence-corrected chi connectivity index (χ3v) is 2.89. The molecule has 1 rings (SSSR count). The molecule has 0 atom stereocenters. The largest absolute Gasteiger partial charge is 0.452 e. The number of nitrogens with one attached hydrogen (secondary N) is 1. The van der Waals surface area contributed by atoms with E-state index >= 15 is 0 Å². The van der Waals surface area contributed by atoms with E-state index < -0.39 is 18.5 Å². The van der Waals surface area contributed by atoms with Gasteiger partial charge in [-0.1, -0.05) is 19.0 Å². The fourth-order valence-electron chi connectivity index (χ4n) is 1.62. The number of ether oxygens (including phenoxy) is 1. The van der Waals surface area contributed by atoms with E-state index in [0.29, 0.717) is 11.5 Å². The maximum Gasteiger partial charge on any atom is 0.344 e. The summed E-state index contributed by atoms with van der Waals surface area (Å²) in [5.41, 5.74) is 0.657. The smallest absolute Gasteiger partial charge is 0.344 e. The summed E-state index contributed by atoms with van der Waals surface area (Å²) in [5, 5.41) is 6.11. The minimum atomic E-state index is -0.670. The number of hydrogen-bond acceptors (Lipinski definition) is 6. The van der Waals surface area contributed by atoms with Crippen LogP contribution in [-0.4, -0.2) is 55.1 Å². The quantitative estimate of drug-likeness (QED) is 0.766. The van der Waals surface area contributed by atoms with Crippen molar-refractivity contribution >= 4 is 17.8 Å². The second-order valence-corrected chi connectivity index (χ2v) is 5.30. The standard InChI is InChI=1S/C14H21N3O5/c1-8(2)13-12(9(3)16-22-13)14(20)21-7-10(18)15-6-11(19)17(4)5/h8H,6-7H2,1-5H3,(H,15,18). The van der Waals surface area contributed by atoms with E-state index in [9.17, 15) is 14.4 Å². The van der Waals surface area contributed by atoms with Crippen molar-refractivity contribution in [1.29, 1.82) is 0 Å². The average Bonchev–Trinajstić information content (AvgIpc) is 2.83. The molecule has 0 aliphatic carbocycles. The van der Waals surface area contributed by atoms with Crippen LogP contribution in [0.25, 0.3) is 0 Å². The highest BCUT2D eigenvalue weighted by molar-refractivity contribution is 5.93. The van der Waals surface area contributed by atoms with E-state index in [0.717, 1.165) is 0 Å². The van der Waals surface area contributed by atoms with Crippen LogP contribution in [0.1, 0.15) is 41.6 Å². The highest BCUT2D eigenvalue weighted by Gasteiger charge is 2.24. The monoisotopic (exact) mass is 311 g/mol. The third-order valence-electron chi connectivity index (χ3n) is 2.89. The van der Waals surface area contributed by atoms with Gasteiger partial charge in [0.2, 0.25) is 5.91 Å². The molecular formula is C14H21N3O5. The Kier molecular flexibility index (Phi) is 6.09. The Bertz CT molecular complexity index is 563. The van der Waals surface area contributed by atoms with Gasteiger partial charge in [0.15, 0.2) is 12.4 Å². The first-order valence-electron chi connectivity index (χ1n) is 6.84. The number of aryl methyl sites for hydroxylation is 1. The fourth-order valence-corrected chi connectivity index (χ4v) is 1.62. The lowest BCUT2D eigenvalue weighted by Crippen LogP contribution is -2.38. The van der Waals surface area contributed by atoms with E-state index in [1.165, 1.54) is 4.90 Å². The van der Waals surface area contributed by atoms with Crippen molar-refractivity contribution in [2.75, 3.05) is 27.2 Å². The fraction of sp³-hybridized carbons (Fsp3) is 0.571. The van der Waals surface area contributed by atoms with E-state index in [4.69, 9.17) is 9.26 Å². The van der Waals surface area contributed by atoms with Crippen molar-refractivity contribution in [3.05, 3.63) is 17.0 Å². The number of carbonyl (C=O) groups is 3. The molecule has 122 valence electrons. The zero-order chi connectivity index (χ0) is 16.9. The molecule has 1 heterocycles. The number of nitrogens with zero attached hydrogens (tertiary/aromatic N) is 2. The van der Waals surface area contributed by atoms with Crippen LogP contribution in [0.3, 0.4) is 0 Å². The van der Waals surface area contributed by atoms with Crippen molar-refractivity contribution < 1.29 is 23.6 Å². The summed E-state index contributed by atoms with van der Waals surface area (Å²) in [6, 6.07) is 0. The number of aromatic nitrogens is 1. The molecule has 1 aromatic heterocycles. The van der Waals surface area contributed by atoms with Crippen LogP contribution in [0.2, 0.25) is 0 Å². The molecule has 0 unspecified atom stereocenters. The molecule has 0 spiro atoms. The minimum absolute atomic E-state index is 0.0321. The Balaban J connectivity index is 2.55. The molecule has 22 heavy (non-hydrogen) atoms. The van der Waals surface area contributed by atoms with Gasteiger partial charge in [0, 0.05) is 20.0 Å². The van der Waals surface area contributed by atoms with Gasteiger partial charge in [-0.05, 0) is 6.92 Å². The van der Waals surface area contributed by atoms with Crippen LogP contribution in [0.15, 0.2) is 4.52 Å². The molecule has 0 bridgehead atoms. The molecule has 1 N–H and O–H groups in total. The molecule has 0 radical (unpaired) electrons. The van der Waals surface area contributed by atoms with E-state index in [1.807, 2.05) is 13.8 Å². The lowest BCUT2D eigenvalue weighted by atomic mass is 10.1. The molecule has 0 aliphatic heterocycles. The summed E-state index contributed by atoms with van der Waals surface area (Å²) < 4.78 is 10.0. The summed E-state index contributed by atoms with van der Waals surface area (Å²) in [4.78, 5) is 36.2. The van der Waals surface area contributed by atoms with Crippen molar-refractivity contribution in [3.63, 3.8) is 0 Å². The summed E-state index contributed by atoms with van der Waals surface area (Å²) >= 11 is 0. The van der Waals surface area contributed by atoms with Crippen LogP contribution in [0.5, 0.6) is 0 Å². The van der Waals surface area contributed by atoms with Gasteiger partial charge in [0.25, 0.3) is 5.91 Å². The lowest BCUT2D eigenvalue weighted by Gasteiger charge is -2.11. The summed E-state index contributed by atoms with van der Waals surface area (Å²) in [7, 11) is 3.16. The molecule has 0 saturated heterocycles. The SMILES string of the molecule is Cc1noc(C(C)C)c1C(=O)OCC(=O)NCC(=O)N(C)C. The van der Waals surface area contributed by atoms with Gasteiger partial charge in [0.1, 0.15) is 5.56 Å². The van der Waals surface area contributed by atoms with Crippen LogP contribution in [-0.2, 0) is 14.3 Å². The summed E-state index contributed by atoms with van der Waals surface area (Å²) in [6.45, 7) is 4.73. The number of likely N-dealkylation sites (N-methyl/N-ethyl adjacent to an activating group) is 1. The molecule has 0 fully saturated rings. The van der Waals surface area contributed by atoms with Gasteiger partial charge in [-0.25, -0.2) is 4.79 Å². The van der Waals surface area contributed by atoms with Crippen molar-refractivity contribution in [3.8, 4) is 0 Å². The number of hydrogen-bond donors (Lipinski definition) is 1. The topological polar surface area (TPSA) is 102 Å². The summed E-state index contributed by atoms with van der Waals surface area (Å²) in [6.07, 6.45) is 0. The summed E-state index contributed by atoms with van der Waals surface area (Å²) in [5.74, 6) is -1.09. The Morgan fingerprint density at radius 3 is 2.50 bits per heavy atom. The number of carbonyl (C=O) groups excluding carboxylic acids is 3. The first kappa shape index (κ1) is 17.7. The van der Waals surface area contributed by atoms with Gasteiger partial charge < -0.3 is 19.5 Å². The first-order chi connectivity index (χ1) is 10.2. The predicted molar refractivity (Wildman–Crippen MR) is 77.3 cm³/mol. The van der Waals surface area contributed by atoms with Crippen molar-refractivity contribution in [2.24, 2.45) is 0 Å². The number of amides is 2. The Labute approximate surface area is 128 Å². The van der Waals surface area contributed by atoms with Gasteiger partial charge in [-0.15, -0.1) is 0 Å². The first-order valence-corrected chi connectivity index (χ1v) is 6.84. The maximum absolute atomic E-state index is 12.0. The molecule has 0 aliphatic rings. The highest BCUT2D eigenvalue weighted by atomic mass is 16.5. The molecule has 8 heteroatoms. The van der Waals surface area contributed by atoms with Gasteiger partial charge in [0.05, 0.1) is 12.2 Å².